The Balaban J connectivity index is 2.10. The second kappa shape index (κ2) is 9.13. The van der Waals surface area contributed by atoms with E-state index in [0.29, 0.717) is 49.1 Å². The topological polar surface area (TPSA) is 38.3 Å². The molecule has 0 spiro atoms. The number of anilines is 1. The molecule has 0 aliphatic carbocycles. The maximum atomic E-state index is 12.4. The number of rotatable bonds is 6. The zero-order valence-electron chi connectivity index (χ0n) is 13.7. The largest absolute Gasteiger partial charge is 0.492 e. The van der Waals surface area contributed by atoms with Gasteiger partial charge in [0.25, 0.3) is 5.91 Å². The molecule has 0 saturated heterocycles. The normalized spacial score (nSPS) is 10.8. The molecule has 134 valence electrons. The molecular weight excluding hydrogens is 448 g/mol. The smallest absolute Gasteiger partial charge is 0.255 e. The summed E-state index contributed by atoms with van der Waals surface area (Å²) < 4.78 is 6.43. The highest BCUT2D eigenvalue weighted by atomic mass is 79.9. The van der Waals surface area contributed by atoms with Crippen LogP contribution in [-0.2, 0) is 0 Å². The summed E-state index contributed by atoms with van der Waals surface area (Å²) in [4.78, 5) is 12.4. The van der Waals surface area contributed by atoms with Gasteiger partial charge in [-0.15, -0.1) is 0 Å². The van der Waals surface area contributed by atoms with Crippen LogP contribution in [0.2, 0.25) is 15.1 Å². The molecule has 3 nitrogen and oxygen atoms in total. The van der Waals surface area contributed by atoms with E-state index in [1.165, 1.54) is 12.1 Å². The second-order valence-electron chi connectivity index (χ2n) is 5.88. The quantitative estimate of drug-likeness (QED) is 0.463. The van der Waals surface area contributed by atoms with E-state index >= 15 is 0 Å². The van der Waals surface area contributed by atoms with Gasteiger partial charge < -0.3 is 10.1 Å². The van der Waals surface area contributed by atoms with Crippen LogP contribution in [0.15, 0.2) is 34.8 Å². The van der Waals surface area contributed by atoms with E-state index in [-0.39, 0.29) is 5.91 Å². The zero-order chi connectivity index (χ0) is 18.6. The summed E-state index contributed by atoms with van der Waals surface area (Å²) in [6.07, 6.45) is 0.963. The summed E-state index contributed by atoms with van der Waals surface area (Å²) in [6, 6.07) is 8.16. The first-order valence-electron chi connectivity index (χ1n) is 7.66. The van der Waals surface area contributed by atoms with Gasteiger partial charge in [0.2, 0.25) is 0 Å². The number of nitrogens with one attached hydrogen (secondary N) is 1. The van der Waals surface area contributed by atoms with Gasteiger partial charge in [0, 0.05) is 5.56 Å². The Morgan fingerprint density at radius 1 is 1.12 bits per heavy atom. The van der Waals surface area contributed by atoms with Crippen LogP contribution >= 0.6 is 50.7 Å². The fraction of sp³-hybridized carbons (Fsp3) is 0.278. The number of halogens is 4. The summed E-state index contributed by atoms with van der Waals surface area (Å²) in [5, 5.41) is 3.68. The average Bonchev–Trinajstić information content (AvgIpc) is 2.53. The van der Waals surface area contributed by atoms with E-state index < -0.39 is 0 Å². The first-order chi connectivity index (χ1) is 11.8. The summed E-state index contributed by atoms with van der Waals surface area (Å²) in [5.74, 6) is 0.958. The molecule has 0 bridgehead atoms. The number of benzene rings is 2. The van der Waals surface area contributed by atoms with Crippen molar-refractivity contribution < 1.29 is 9.53 Å². The molecule has 1 amide bonds. The van der Waals surface area contributed by atoms with Crippen molar-refractivity contribution >= 4 is 62.3 Å². The number of ether oxygens (including phenoxy) is 1. The van der Waals surface area contributed by atoms with E-state index in [0.717, 1.165) is 6.42 Å². The van der Waals surface area contributed by atoms with Gasteiger partial charge in [-0.2, -0.15) is 0 Å². The van der Waals surface area contributed by atoms with Crippen molar-refractivity contribution in [2.75, 3.05) is 11.9 Å². The van der Waals surface area contributed by atoms with Crippen molar-refractivity contribution in [2.45, 2.75) is 20.3 Å². The summed E-state index contributed by atoms with van der Waals surface area (Å²) in [5.41, 5.74) is 0.861. The fourth-order valence-electron chi connectivity index (χ4n) is 1.98. The van der Waals surface area contributed by atoms with E-state index in [4.69, 9.17) is 39.5 Å². The van der Waals surface area contributed by atoms with Crippen molar-refractivity contribution in [3.8, 4) is 5.75 Å². The molecule has 0 aliphatic heterocycles. The van der Waals surface area contributed by atoms with Crippen LogP contribution in [0.1, 0.15) is 30.6 Å². The number of amides is 1. The highest BCUT2D eigenvalue weighted by Crippen LogP contribution is 2.33. The van der Waals surface area contributed by atoms with Gasteiger partial charge in [-0.3, -0.25) is 4.79 Å². The molecule has 2 rings (SSSR count). The van der Waals surface area contributed by atoms with Crippen molar-refractivity contribution in [3.05, 3.63) is 55.4 Å². The van der Waals surface area contributed by atoms with E-state index in [2.05, 4.69) is 35.1 Å². The zero-order valence-corrected chi connectivity index (χ0v) is 17.6. The predicted molar refractivity (Wildman–Crippen MR) is 109 cm³/mol. The van der Waals surface area contributed by atoms with Gasteiger partial charge in [-0.05, 0) is 58.6 Å². The Morgan fingerprint density at radius 2 is 1.80 bits per heavy atom. The van der Waals surface area contributed by atoms with Gasteiger partial charge in [0.1, 0.15) is 5.75 Å². The van der Waals surface area contributed by atoms with E-state index in [1.807, 2.05) is 0 Å². The van der Waals surface area contributed by atoms with Crippen molar-refractivity contribution in [1.29, 1.82) is 0 Å². The first-order valence-corrected chi connectivity index (χ1v) is 9.59. The van der Waals surface area contributed by atoms with Crippen LogP contribution in [0.25, 0.3) is 0 Å². The fourth-order valence-corrected chi connectivity index (χ4v) is 3.06. The lowest BCUT2D eigenvalue weighted by atomic mass is 10.1. The standard InChI is InChI=1S/C18H17BrCl3NO2/c1-10(2)5-6-25-17-4-3-11(7-12(17)19)18(24)23-16-9-14(21)13(20)8-15(16)22/h3-4,7-10H,5-6H2,1-2H3,(H,23,24). The van der Waals surface area contributed by atoms with Crippen LogP contribution in [0, 0.1) is 5.92 Å². The molecule has 0 unspecified atom stereocenters. The van der Waals surface area contributed by atoms with Gasteiger partial charge in [-0.1, -0.05) is 48.7 Å². The Hall–Kier alpha value is -0.940. The van der Waals surface area contributed by atoms with Crippen LogP contribution in [0.3, 0.4) is 0 Å². The van der Waals surface area contributed by atoms with E-state index in [9.17, 15) is 4.79 Å². The average molecular weight is 466 g/mol. The molecule has 0 heterocycles. The van der Waals surface area contributed by atoms with Crippen molar-refractivity contribution in [3.63, 3.8) is 0 Å². The van der Waals surface area contributed by atoms with Crippen molar-refractivity contribution in [1.82, 2.24) is 0 Å². The molecule has 0 aromatic heterocycles. The molecule has 7 heteroatoms. The molecule has 1 N–H and O–H groups in total. The monoisotopic (exact) mass is 463 g/mol. The SMILES string of the molecule is CC(C)CCOc1ccc(C(=O)Nc2cc(Cl)c(Cl)cc2Cl)cc1Br. The molecule has 0 fully saturated rings. The lowest BCUT2D eigenvalue weighted by Gasteiger charge is -2.12. The Labute approximate surface area is 170 Å². The molecule has 0 radical (unpaired) electrons. The van der Waals surface area contributed by atoms with Gasteiger partial charge in [0.05, 0.1) is 31.8 Å². The lowest BCUT2D eigenvalue weighted by Crippen LogP contribution is -2.12. The third-order valence-electron chi connectivity index (χ3n) is 3.41. The first kappa shape index (κ1) is 20.4. The second-order valence-corrected chi connectivity index (χ2v) is 7.95. The third-order valence-corrected chi connectivity index (χ3v) is 5.06. The van der Waals surface area contributed by atoms with Crippen LogP contribution in [-0.4, -0.2) is 12.5 Å². The lowest BCUT2D eigenvalue weighted by molar-refractivity contribution is 0.102. The number of carbonyl (C=O) groups excluding carboxylic acids is 1. The maximum absolute atomic E-state index is 12.4. The molecular formula is C18H17BrCl3NO2. The Bertz CT molecular complexity index is 781. The van der Waals surface area contributed by atoms with Crippen LogP contribution in [0.4, 0.5) is 5.69 Å². The minimum Gasteiger partial charge on any atom is -0.492 e. The molecule has 0 atom stereocenters. The Kier molecular flexibility index (Phi) is 7.44. The minimum absolute atomic E-state index is 0.310. The molecule has 2 aromatic rings. The van der Waals surface area contributed by atoms with Crippen LogP contribution < -0.4 is 10.1 Å². The highest BCUT2D eigenvalue weighted by molar-refractivity contribution is 9.10. The van der Waals surface area contributed by atoms with Crippen molar-refractivity contribution in [2.24, 2.45) is 5.92 Å². The predicted octanol–water partition coefficient (Wildman–Crippen LogP) is 7.09. The van der Waals surface area contributed by atoms with Crippen LogP contribution in [0.5, 0.6) is 5.75 Å². The molecule has 2 aromatic carbocycles. The number of carbonyl (C=O) groups is 1. The molecule has 0 aliphatic rings. The summed E-state index contributed by atoms with van der Waals surface area (Å²) >= 11 is 21.4. The molecule has 25 heavy (non-hydrogen) atoms. The summed E-state index contributed by atoms with van der Waals surface area (Å²) in [6.45, 7) is 4.90. The van der Waals surface area contributed by atoms with Gasteiger partial charge in [-0.25, -0.2) is 0 Å². The Morgan fingerprint density at radius 3 is 2.44 bits per heavy atom. The van der Waals surface area contributed by atoms with Gasteiger partial charge in [0.15, 0.2) is 0 Å². The third kappa shape index (κ3) is 5.78. The maximum Gasteiger partial charge on any atom is 0.255 e. The van der Waals surface area contributed by atoms with Gasteiger partial charge >= 0.3 is 0 Å². The van der Waals surface area contributed by atoms with E-state index in [1.54, 1.807) is 18.2 Å². The highest BCUT2D eigenvalue weighted by Gasteiger charge is 2.13. The molecule has 0 saturated carbocycles. The number of hydrogen-bond acceptors (Lipinski definition) is 2. The summed E-state index contributed by atoms with van der Waals surface area (Å²) in [7, 11) is 0. The minimum atomic E-state index is -0.310. The number of hydrogen-bond donors (Lipinski definition) is 1.